The van der Waals surface area contributed by atoms with Crippen LogP contribution in [0.15, 0.2) is 5.18 Å². The molecule has 0 heterocycles. The standard InChI is InChI=1S/C13H26N2O4/c1-9(2)5-11(10(3)4)12(18)15-13(7-16,8-17)6-14-19/h9-11,16-17H,5-8H2,1-4H3,(H,15,18). The van der Waals surface area contributed by atoms with Crippen LogP contribution in [0.1, 0.15) is 34.1 Å². The summed E-state index contributed by atoms with van der Waals surface area (Å²) < 4.78 is 0. The summed E-state index contributed by atoms with van der Waals surface area (Å²) in [5.41, 5.74) is -1.36. The highest BCUT2D eigenvalue weighted by Gasteiger charge is 2.34. The van der Waals surface area contributed by atoms with Crippen molar-refractivity contribution in [3.8, 4) is 0 Å². The van der Waals surface area contributed by atoms with E-state index < -0.39 is 18.8 Å². The van der Waals surface area contributed by atoms with Gasteiger partial charge in [0.15, 0.2) is 0 Å². The minimum atomic E-state index is -1.36. The number of aliphatic hydroxyl groups excluding tert-OH is 2. The molecule has 6 nitrogen and oxygen atoms in total. The summed E-state index contributed by atoms with van der Waals surface area (Å²) in [6.07, 6.45) is 0.713. The van der Waals surface area contributed by atoms with Crippen LogP contribution in [0.3, 0.4) is 0 Å². The molecule has 19 heavy (non-hydrogen) atoms. The quantitative estimate of drug-likeness (QED) is 0.544. The van der Waals surface area contributed by atoms with Gasteiger partial charge in [-0.25, -0.2) is 0 Å². The summed E-state index contributed by atoms with van der Waals surface area (Å²) in [6.45, 7) is 6.56. The molecule has 0 aromatic heterocycles. The van der Waals surface area contributed by atoms with Gasteiger partial charge in [-0.2, -0.15) is 4.91 Å². The molecule has 0 spiro atoms. The van der Waals surface area contributed by atoms with Crippen molar-refractivity contribution in [3.63, 3.8) is 0 Å². The van der Waals surface area contributed by atoms with Crippen molar-refractivity contribution < 1.29 is 15.0 Å². The van der Waals surface area contributed by atoms with Crippen molar-refractivity contribution in [1.29, 1.82) is 0 Å². The normalized spacial score (nSPS) is 13.7. The fourth-order valence-electron chi connectivity index (χ4n) is 1.94. The van der Waals surface area contributed by atoms with E-state index in [0.29, 0.717) is 12.3 Å². The lowest BCUT2D eigenvalue weighted by molar-refractivity contribution is -0.130. The van der Waals surface area contributed by atoms with Crippen molar-refractivity contribution in [2.75, 3.05) is 19.8 Å². The molecule has 1 unspecified atom stereocenters. The first-order valence-corrected chi connectivity index (χ1v) is 6.64. The van der Waals surface area contributed by atoms with E-state index in [1.807, 2.05) is 27.7 Å². The molecule has 0 radical (unpaired) electrons. The Kier molecular flexibility index (Phi) is 7.78. The summed E-state index contributed by atoms with van der Waals surface area (Å²) in [6, 6.07) is 0. The summed E-state index contributed by atoms with van der Waals surface area (Å²) in [7, 11) is 0. The summed E-state index contributed by atoms with van der Waals surface area (Å²) >= 11 is 0. The number of carbonyl (C=O) groups is 1. The van der Waals surface area contributed by atoms with Crippen LogP contribution in [-0.4, -0.2) is 41.4 Å². The zero-order chi connectivity index (χ0) is 15.1. The number of carbonyl (C=O) groups excluding carboxylic acids is 1. The molecule has 3 N–H and O–H groups in total. The molecule has 0 saturated carbocycles. The molecule has 0 aliphatic heterocycles. The third kappa shape index (κ3) is 5.65. The van der Waals surface area contributed by atoms with Gasteiger partial charge < -0.3 is 15.5 Å². The van der Waals surface area contributed by atoms with Crippen LogP contribution in [-0.2, 0) is 4.79 Å². The summed E-state index contributed by atoms with van der Waals surface area (Å²) in [5, 5.41) is 23.8. The maximum absolute atomic E-state index is 12.3. The van der Waals surface area contributed by atoms with Crippen LogP contribution in [0, 0.1) is 22.7 Å². The number of amides is 1. The lowest BCUT2D eigenvalue weighted by Gasteiger charge is -2.31. The first-order chi connectivity index (χ1) is 8.81. The van der Waals surface area contributed by atoms with Gasteiger partial charge in [0.05, 0.1) is 13.2 Å². The van der Waals surface area contributed by atoms with Crippen LogP contribution >= 0.6 is 0 Å². The van der Waals surface area contributed by atoms with Gasteiger partial charge in [-0.05, 0) is 18.3 Å². The molecule has 0 fully saturated rings. The second kappa shape index (κ2) is 8.22. The van der Waals surface area contributed by atoms with E-state index in [0.717, 1.165) is 0 Å². The molecular weight excluding hydrogens is 248 g/mol. The summed E-state index contributed by atoms with van der Waals surface area (Å²) in [5.74, 6) is 0.0289. The lowest BCUT2D eigenvalue weighted by atomic mass is 9.86. The Labute approximate surface area is 114 Å². The zero-order valence-corrected chi connectivity index (χ0v) is 12.2. The Morgan fingerprint density at radius 3 is 2.05 bits per heavy atom. The molecule has 0 saturated heterocycles. The Morgan fingerprint density at radius 2 is 1.74 bits per heavy atom. The Bertz CT molecular complexity index is 288. The highest BCUT2D eigenvalue weighted by Crippen LogP contribution is 2.21. The molecule has 0 aliphatic rings. The zero-order valence-electron chi connectivity index (χ0n) is 12.2. The largest absolute Gasteiger partial charge is 0.394 e. The fourth-order valence-corrected chi connectivity index (χ4v) is 1.94. The Hall–Kier alpha value is -1.01. The molecule has 1 atom stereocenters. The third-order valence-electron chi connectivity index (χ3n) is 3.23. The van der Waals surface area contributed by atoms with Gasteiger partial charge in [0.1, 0.15) is 12.1 Å². The fraction of sp³-hybridized carbons (Fsp3) is 0.923. The SMILES string of the molecule is CC(C)CC(C(=O)NC(CO)(CO)CN=O)C(C)C. The second-order valence-corrected chi connectivity index (χ2v) is 5.85. The maximum Gasteiger partial charge on any atom is 0.224 e. The van der Waals surface area contributed by atoms with E-state index >= 15 is 0 Å². The molecular formula is C13H26N2O4. The van der Waals surface area contributed by atoms with E-state index in [-0.39, 0.29) is 24.3 Å². The lowest BCUT2D eigenvalue weighted by Crippen LogP contribution is -2.58. The Balaban J connectivity index is 4.89. The van der Waals surface area contributed by atoms with E-state index in [1.165, 1.54) is 0 Å². The number of nitrogens with one attached hydrogen (secondary N) is 1. The highest BCUT2D eigenvalue weighted by atomic mass is 16.3. The first-order valence-electron chi connectivity index (χ1n) is 6.64. The first kappa shape index (κ1) is 18.0. The number of rotatable bonds is 9. The van der Waals surface area contributed by atoms with E-state index in [2.05, 4.69) is 10.5 Å². The number of nitroso groups, excluding NO2 is 1. The monoisotopic (exact) mass is 274 g/mol. The van der Waals surface area contributed by atoms with Gasteiger partial charge in [-0.1, -0.05) is 32.9 Å². The smallest absolute Gasteiger partial charge is 0.224 e. The Morgan fingerprint density at radius 1 is 1.21 bits per heavy atom. The van der Waals surface area contributed by atoms with Crippen molar-refractivity contribution in [1.82, 2.24) is 5.32 Å². The van der Waals surface area contributed by atoms with Crippen LogP contribution in [0.5, 0.6) is 0 Å². The van der Waals surface area contributed by atoms with Gasteiger partial charge in [-0.15, -0.1) is 0 Å². The van der Waals surface area contributed by atoms with Crippen molar-refractivity contribution in [2.45, 2.75) is 39.7 Å². The summed E-state index contributed by atoms with van der Waals surface area (Å²) in [4.78, 5) is 22.6. The molecule has 0 aromatic carbocycles. The maximum atomic E-state index is 12.3. The molecule has 0 aliphatic carbocycles. The van der Waals surface area contributed by atoms with Crippen LogP contribution in [0.2, 0.25) is 0 Å². The van der Waals surface area contributed by atoms with Gasteiger partial charge in [0.2, 0.25) is 5.91 Å². The molecule has 0 aromatic rings. The average Bonchev–Trinajstić information content (AvgIpc) is 2.34. The van der Waals surface area contributed by atoms with E-state index in [4.69, 9.17) is 0 Å². The number of hydrogen-bond acceptors (Lipinski definition) is 5. The van der Waals surface area contributed by atoms with Crippen LogP contribution in [0.4, 0.5) is 0 Å². The van der Waals surface area contributed by atoms with Crippen molar-refractivity contribution in [2.24, 2.45) is 22.9 Å². The minimum Gasteiger partial charge on any atom is -0.394 e. The topological polar surface area (TPSA) is 99.0 Å². The molecule has 0 bridgehead atoms. The predicted molar refractivity (Wildman–Crippen MR) is 73.5 cm³/mol. The molecule has 0 rings (SSSR count). The van der Waals surface area contributed by atoms with Crippen LogP contribution < -0.4 is 5.32 Å². The van der Waals surface area contributed by atoms with E-state index in [1.54, 1.807) is 0 Å². The second-order valence-electron chi connectivity index (χ2n) is 5.85. The van der Waals surface area contributed by atoms with Crippen molar-refractivity contribution >= 4 is 5.91 Å². The number of hydrogen-bond donors (Lipinski definition) is 3. The average molecular weight is 274 g/mol. The van der Waals surface area contributed by atoms with Gasteiger partial charge in [-0.3, -0.25) is 4.79 Å². The highest BCUT2D eigenvalue weighted by molar-refractivity contribution is 5.79. The molecule has 1 amide bonds. The predicted octanol–water partition coefficient (Wildman–Crippen LogP) is 0.911. The number of nitrogens with zero attached hydrogens (tertiary/aromatic N) is 1. The molecule has 112 valence electrons. The van der Waals surface area contributed by atoms with Gasteiger partial charge in [0, 0.05) is 5.92 Å². The van der Waals surface area contributed by atoms with Gasteiger partial charge >= 0.3 is 0 Å². The number of aliphatic hydroxyl groups is 2. The molecule has 6 heteroatoms. The van der Waals surface area contributed by atoms with Crippen LogP contribution in [0.25, 0.3) is 0 Å². The van der Waals surface area contributed by atoms with E-state index in [9.17, 15) is 19.9 Å². The third-order valence-corrected chi connectivity index (χ3v) is 3.23. The van der Waals surface area contributed by atoms with Gasteiger partial charge in [0.25, 0.3) is 0 Å². The van der Waals surface area contributed by atoms with Crippen molar-refractivity contribution in [3.05, 3.63) is 4.91 Å². The minimum absolute atomic E-state index is 0.140.